The van der Waals surface area contributed by atoms with Crippen LogP contribution in [0.15, 0.2) is 34.4 Å². The summed E-state index contributed by atoms with van der Waals surface area (Å²) >= 11 is 0. The van der Waals surface area contributed by atoms with Gasteiger partial charge in [-0.05, 0) is 35.5 Å². The van der Waals surface area contributed by atoms with Crippen molar-refractivity contribution in [3.8, 4) is 5.75 Å². The molecule has 2 rings (SSSR count). The number of hydrogen-bond donors (Lipinski definition) is 0. The maximum absolute atomic E-state index is 12.7. The number of nitrogens with zero attached hydrogens (tertiary/aromatic N) is 4. The van der Waals surface area contributed by atoms with Crippen LogP contribution in [0, 0.1) is 5.21 Å². The van der Waals surface area contributed by atoms with Gasteiger partial charge in [0.15, 0.2) is 5.28 Å². The van der Waals surface area contributed by atoms with E-state index in [1.54, 1.807) is 12.1 Å². The summed E-state index contributed by atoms with van der Waals surface area (Å²) in [5.41, 5.74) is 0. The van der Waals surface area contributed by atoms with Gasteiger partial charge in [-0.25, -0.2) is 8.42 Å². The van der Waals surface area contributed by atoms with Gasteiger partial charge in [0.2, 0.25) is 10.0 Å². The average molecular weight is 372 g/mol. The monoisotopic (exact) mass is 372 g/mol. The average Bonchev–Trinajstić information content (AvgIpc) is 2.62. The summed E-state index contributed by atoms with van der Waals surface area (Å²) in [5, 5.41) is 14.4. The molecule has 25 heavy (non-hydrogen) atoms. The minimum absolute atomic E-state index is 0.110. The summed E-state index contributed by atoms with van der Waals surface area (Å²) in [7, 11) is -1.06. The van der Waals surface area contributed by atoms with Gasteiger partial charge in [0.25, 0.3) is 12.5 Å². The van der Waals surface area contributed by atoms with Gasteiger partial charge in [-0.3, -0.25) is 4.79 Å². The van der Waals surface area contributed by atoms with Gasteiger partial charge in [0.1, 0.15) is 12.9 Å². The van der Waals surface area contributed by atoms with Crippen LogP contribution in [0.1, 0.15) is 6.42 Å². The molecule has 0 bridgehead atoms. The minimum atomic E-state index is -3.75. The lowest BCUT2D eigenvalue weighted by Crippen LogP contribution is -2.50. The van der Waals surface area contributed by atoms with Crippen molar-refractivity contribution in [3.05, 3.63) is 29.5 Å². The third kappa shape index (κ3) is 4.57. The first kappa shape index (κ1) is 18.9. The van der Waals surface area contributed by atoms with E-state index in [1.807, 2.05) is 0 Å². The fourth-order valence-corrected chi connectivity index (χ4v) is 3.84. The molecule has 1 aromatic rings. The molecule has 1 aliphatic heterocycles. The van der Waals surface area contributed by atoms with Crippen LogP contribution < -0.4 is 4.74 Å². The highest BCUT2D eigenvalue weighted by molar-refractivity contribution is 7.89. The maximum Gasteiger partial charge on any atom is 0.293 e. The highest BCUT2D eigenvalue weighted by atomic mass is 32.2. The number of hydroxylamine groups is 1. The molecular formula is C14H20N4O6S. The molecule has 0 saturated carbocycles. The number of rotatable bonds is 6. The second-order valence-corrected chi connectivity index (χ2v) is 7.22. The first-order valence-corrected chi connectivity index (χ1v) is 8.93. The number of carbonyl (C=O) groups excluding carboxylic acids is 1. The molecule has 0 atom stereocenters. The molecule has 0 aromatic heterocycles. The van der Waals surface area contributed by atoms with Crippen LogP contribution >= 0.6 is 0 Å². The lowest BCUT2D eigenvalue weighted by Gasteiger charge is -2.34. The van der Waals surface area contributed by atoms with Crippen molar-refractivity contribution in [2.75, 3.05) is 40.5 Å². The third-order valence-electron chi connectivity index (χ3n) is 3.66. The number of amides is 1. The summed E-state index contributed by atoms with van der Waals surface area (Å²) in [6.07, 6.45) is 0.474. The first-order valence-electron chi connectivity index (χ1n) is 7.49. The fraction of sp³-hybridized carbons (Fsp3) is 0.500. The zero-order valence-electron chi connectivity index (χ0n) is 14.0. The van der Waals surface area contributed by atoms with Crippen LogP contribution in [-0.4, -0.2) is 68.9 Å². The van der Waals surface area contributed by atoms with E-state index in [9.17, 15) is 18.4 Å². The normalized spacial score (nSPS) is 16.6. The first-order chi connectivity index (χ1) is 11.9. The zero-order chi connectivity index (χ0) is 18.4. The summed E-state index contributed by atoms with van der Waals surface area (Å²) in [6.45, 7) is 0.00818. The van der Waals surface area contributed by atoms with E-state index in [0.29, 0.717) is 25.3 Å². The molecule has 0 unspecified atom stereocenters. The van der Waals surface area contributed by atoms with E-state index in [0.717, 1.165) is 0 Å². The van der Waals surface area contributed by atoms with Gasteiger partial charge in [-0.1, -0.05) is 0 Å². The van der Waals surface area contributed by atoms with Gasteiger partial charge >= 0.3 is 0 Å². The van der Waals surface area contributed by atoms with Gasteiger partial charge in [0.05, 0.1) is 18.7 Å². The Balaban J connectivity index is 2.11. The van der Waals surface area contributed by atoms with Crippen molar-refractivity contribution >= 4 is 15.9 Å². The third-order valence-corrected chi connectivity index (χ3v) is 5.50. The Bertz CT molecular complexity index is 734. The molecule has 10 nitrogen and oxygen atoms in total. The molecule has 138 valence electrons. The molecule has 1 aromatic carbocycles. The minimum Gasteiger partial charge on any atom is -0.597 e. The fourth-order valence-electron chi connectivity index (χ4n) is 2.40. The molecular weight excluding hydrogens is 352 g/mol. The van der Waals surface area contributed by atoms with Crippen LogP contribution in [0.5, 0.6) is 5.75 Å². The number of sulfonamides is 1. The van der Waals surface area contributed by atoms with Crippen LogP contribution in [0.3, 0.4) is 0 Å². The molecule has 1 fully saturated rings. The molecule has 1 amide bonds. The Morgan fingerprint density at radius 2 is 1.96 bits per heavy atom. The van der Waals surface area contributed by atoms with Crippen LogP contribution in [0.25, 0.3) is 0 Å². The second kappa shape index (κ2) is 8.12. The van der Waals surface area contributed by atoms with Crippen molar-refractivity contribution in [1.29, 1.82) is 0 Å². The predicted molar refractivity (Wildman–Crippen MR) is 86.0 cm³/mol. The predicted octanol–water partition coefficient (Wildman–Crippen LogP) is 0.400. The summed E-state index contributed by atoms with van der Waals surface area (Å²) in [6, 6.07) is 6.01. The molecule has 0 N–H and O–H groups in total. The molecule has 1 aliphatic rings. The van der Waals surface area contributed by atoms with Crippen LogP contribution in [0.2, 0.25) is 0 Å². The Hall–Kier alpha value is -2.40. The van der Waals surface area contributed by atoms with Gasteiger partial charge in [0, 0.05) is 13.1 Å². The summed E-state index contributed by atoms with van der Waals surface area (Å²) in [4.78, 5) is 17.9. The quantitative estimate of drug-likeness (QED) is 0.406. The summed E-state index contributed by atoms with van der Waals surface area (Å²) in [5.74, 6) is 0.0252. The molecule has 0 radical (unpaired) electrons. The SMILES string of the molecule is CO/N=[N+](\[O-])CC(=O)N1CCCN(S(=O)(=O)c2ccc(OC)cc2)C1. The van der Waals surface area contributed by atoms with Crippen molar-refractivity contribution in [1.82, 2.24) is 9.21 Å². The highest BCUT2D eigenvalue weighted by Gasteiger charge is 2.32. The van der Waals surface area contributed by atoms with Crippen molar-refractivity contribution in [2.24, 2.45) is 5.28 Å². The van der Waals surface area contributed by atoms with E-state index >= 15 is 0 Å². The van der Waals surface area contributed by atoms with E-state index in [2.05, 4.69) is 10.1 Å². The molecule has 1 heterocycles. The lowest BCUT2D eigenvalue weighted by molar-refractivity contribution is -0.547. The standard InChI is InChI=1S/C14H20N4O6S/c1-23-12-4-6-13(7-5-12)25(21,22)17-9-3-8-16(11-17)14(19)10-18(20)15-24-2/h4-7H,3,8-11H2,1-2H3/b18-15-. The number of hydrogen-bond acceptors (Lipinski definition) is 7. The molecule has 1 saturated heterocycles. The van der Waals surface area contributed by atoms with Gasteiger partial charge < -0.3 is 19.7 Å². The Morgan fingerprint density at radius 3 is 2.56 bits per heavy atom. The number of benzene rings is 1. The highest BCUT2D eigenvalue weighted by Crippen LogP contribution is 2.21. The van der Waals surface area contributed by atoms with E-state index in [4.69, 9.17) is 4.74 Å². The summed E-state index contributed by atoms with van der Waals surface area (Å²) < 4.78 is 31.7. The zero-order valence-corrected chi connectivity index (χ0v) is 14.8. The Morgan fingerprint density at radius 1 is 1.28 bits per heavy atom. The smallest absolute Gasteiger partial charge is 0.293 e. The van der Waals surface area contributed by atoms with Gasteiger partial charge in [-0.2, -0.15) is 4.31 Å². The second-order valence-electron chi connectivity index (χ2n) is 5.28. The van der Waals surface area contributed by atoms with E-state index in [-0.39, 0.29) is 16.4 Å². The molecule has 0 spiro atoms. The topological polar surface area (TPSA) is 115 Å². The molecule has 0 aliphatic carbocycles. The number of methoxy groups -OCH3 is 1. The Labute approximate surface area is 145 Å². The van der Waals surface area contributed by atoms with Crippen molar-refractivity contribution in [2.45, 2.75) is 11.3 Å². The number of ether oxygens (including phenoxy) is 1. The van der Waals surface area contributed by atoms with Crippen molar-refractivity contribution < 1.29 is 27.6 Å². The Kier molecular flexibility index (Phi) is 6.15. The van der Waals surface area contributed by atoms with E-state index < -0.39 is 22.5 Å². The van der Waals surface area contributed by atoms with Gasteiger partial charge in [-0.15, -0.1) is 0 Å². The van der Waals surface area contributed by atoms with Crippen molar-refractivity contribution in [3.63, 3.8) is 0 Å². The largest absolute Gasteiger partial charge is 0.597 e. The lowest BCUT2D eigenvalue weighted by atomic mass is 10.3. The maximum atomic E-state index is 12.7. The number of carbonyl (C=O) groups is 1. The molecule has 11 heteroatoms. The van der Waals surface area contributed by atoms with Crippen LogP contribution in [-0.2, 0) is 19.7 Å². The van der Waals surface area contributed by atoms with Crippen LogP contribution in [0.4, 0.5) is 0 Å². The van der Waals surface area contributed by atoms with E-state index in [1.165, 1.54) is 35.6 Å².